The quantitative estimate of drug-likeness (QED) is 0.396. The van der Waals surface area contributed by atoms with Crippen LogP contribution in [-0.2, 0) is 0 Å². The SMILES string of the molecule is [CH]=CCCCC1=CCC1. The molecule has 0 aromatic rings. The van der Waals surface area contributed by atoms with Crippen LogP contribution >= 0.6 is 0 Å². The molecule has 0 heteroatoms. The lowest BCUT2D eigenvalue weighted by Gasteiger charge is -2.12. The van der Waals surface area contributed by atoms with Crippen LogP contribution in [-0.4, -0.2) is 0 Å². The average Bonchev–Trinajstić information content (AvgIpc) is 1.76. The molecule has 0 aliphatic heterocycles. The van der Waals surface area contributed by atoms with Crippen LogP contribution in [0.5, 0.6) is 0 Å². The van der Waals surface area contributed by atoms with Crippen molar-refractivity contribution >= 4 is 0 Å². The minimum atomic E-state index is 1.07. The molecule has 1 aliphatic carbocycles. The van der Waals surface area contributed by atoms with Crippen LogP contribution in [0, 0.1) is 6.58 Å². The standard InChI is InChI=1S/C9H13/c1-2-3-4-6-9-7-5-8-9/h1-2,7H,3-6,8H2. The van der Waals surface area contributed by atoms with Gasteiger partial charge in [0.2, 0.25) is 0 Å². The normalized spacial score (nSPS) is 16.2. The summed E-state index contributed by atoms with van der Waals surface area (Å²) in [6, 6.07) is 0. The van der Waals surface area contributed by atoms with Crippen molar-refractivity contribution in [3.05, 3.63) is 24.3 Å². The third-order valence-electron chi connectivity index (χ3n) is 1.77. The molecule has 0 atom stereocenters. The van der Waals surface area contributed by atoms with E-state index in [4.69, 9.17) is 6.58 Å². The lowest BCUT2D eigenvalue weighted by atomic mass is 9.94. The summed E-state index contributed by atoms with van der Waals surface area (Å²) in [7, 11) is 0. The van der Waals surface area contributed by atoms with E-state index in [0.717, 1.165) is 6.42 Å². The molecule has 0 aromatic carbocycles. The Morgan fingerprint density at radius 2 is 2.44 bits per heavy atom. The molecule has 0 bridgehead atoms. The van der Waals surface area contributed by atoms with E-state index in [0.29, 0.717) is 0 Å². The molecule has 0 saturated heterocycles. The Bertz CT molecular complexity index is 120. The van der Waals surface area contributed by atoms with Crippen molar-refractivity contribution in [3.63, 3.8) is 0 Å². The van der Waals surface area contributed by atoms with Gasteiger partial charge in [0.1, 0.15) is 0 Å². The Kier molecular flexibility index (Phi) is 2.56. The van der Waals surface area contributed by atoms with Gasteiger partial charge in [0.15, 0.2) is 0 Å². The molecule has 9 heavy (non-hydrogen) atoms. The van der Waals surface area contributed by atoms with Gasteiger partial charge in [0.05, 0.1) is 0 Å². The van der Waals surface area contributed by atoms with Crippen molar-refractivity contribution in [1.82, 2.24) is 0 Å². The minimum absolute atomic E-state index is 1.07. The van der Waals surface area contributed by atoms with Gasteiger partial charge >= 0.3 is 0 Å². The second-order valence-electron chi connectivity index (χ2n) is 2.53. The van der Waals surface area contributed by atoms with Crippen molar-refractivity contribution in [2.75, 3.05) is 0 Å². The summed E-state index contributed by atoms with van der Waals surface area (Å²) >= 11 is 0. The first-order chi connectivity index (χ1) is 4.43. The van der Waals surface area contributed by atoms with Crippen LogP contribution < -0.4 is 0 Å². The van der Waals surface area contributed by atoms with E-state index in [2.05, 4.69) is 6.08 Å². The zero-order valence-corrected chi connectivity index (χ0v) is 5.77. The fourth-order valence-corrected chi connectivity index (χ4v) is 1.02. The second kappa shape index (κ2) is 3.49. The molecular weight excluding hydrogens is 108 g/mol. The lowest BCUT2D eigenvalue weighted by molar-refractivity contribution is 0.736. The second-order valence-corrected chi connectivity index (χ2v) is 2.53. The van der Waals surface area contributed by atoms with Crippen molar-refractivity contribution in [3.8, 4) is 0 Å². The highest BCUT2D eigenvalue weighted by Gasteiger charge is 2.02. The van der Waals surface area contributed by atoms with Crippen LogP contribution in [0.3, 0.4) is 0 Å². The number of rotatable bonds is 4. The molecule has 1 radical (unpaired) electrons. The van der Waals surface area contributed by atoms with Gasteiger partial charge in [-0.15, -0.1) is 0 Å². The predicted octanol–water partition coefficient (Wildman–Crippen LogP) is 2.87. The van der Waals surface area contributed by atoms with Gasteiger partial charge in [-0.1, -0.05) is 24.3 Å². The zero-order valence-electron chi connectivity index (χ0n) is 5.77. The molecule has 0 heterocycles. The summed E-state index contributed by atoms with van der Waals surface area (Å²) in [5.74, 6) is 0. The summed E-state index contributed by atoms with van der Waals surface area (Å²) in [5, 5.41) is 0. The predicted molar refractivity (Wildman–Crippen MR) is 40.0 cm³/mol. The maximum Gasteiger partial charge on any atom is -0.0285 e. The Morgan fingerprint density at radius 1 is 1.67 bits per heavy atom. The van der Waals surface area contributed by atoms with Gasteiger partial charge in [-0.3, -0.25) is 0 Å². The van der Waals surface area contributed by atoms with E-state index in [1.54, 1.807) is 11.6 Å². The first-order valence-electron chi connectivity index (χ1n) is 3.65. The van der Waals surface area contributed by atoms with E-state index < -0.39 is 0 Å². The molecule has 49 valence electrons. The number of unbranched alkanes of at least 4 members (excludes halogenated alkanes) is 1. The monoisotopic (exact) mass is 121 g/mol. The van der Waals surface area contributed by atoms with Crippen molar-refractivity contribution in [1.29, 1.82) is 0 Å². The zero-order chi connectivity index (χ0) is 6.53. The van der Waals surface area contributed by atoms with Crippen molar-refractivity contribution in [2.45, 2.75) is 32.1 Å². The number of hydrogen-bond donors (Lipinski definition) is 0. The molecule has 0 unspecified atom stereocenters. The third kappa shape index (κ3) is 2.05. The molecule has 0 N–H and O–H groups in total. The summed E-state index contributed by atoms with van der Waals surface area (Å²) < 4.78 is 0. The molecule has 0 aromatic heterocycles. The van der Waals surface area contributed by atoms with Gasteiger partial charge < -0.3 is 0 Å². The van der Waals surface area contributed by atoms with E-state index in [1.165, 1.54) is 25.7 Å². The Labute approximate surface area is 57.3 Å². The van der Waals surface area contributed by atoms with E-state index in [1.807, 2.05) is 0 Å². The van der Waals surface area contributed by atoms with E-state index >= 15 is 0 Å². The first-order valence-corrected chi connectivity index (χ1v) is 3.65. The van der Waals surface area contributed by atoms with E-state index in [9.17, 15) is 0 Å². The third-order valence-corrected chi connectivity index (χ3v) is 1.77. The molecule has 0 amide bonds. The van der Waals surface area contributed by atoms with Gasteiger partial charge in [-0.25, -0.2) is 0 Å². The highest BCUT2D eigenvalue weighted by atomic mass is 14.1. The van der Waals surface area contributed by atoms with Crippen LogP contribution in [0.4, 0.5) is 0 Å². The van der Waals surface area contributed by atoms with Gasteiger partial charge in [-0.2, -0.15) is 0 Å². The maximum absolute atomic E-state index is 5.23. The molecule has 1 aliphatic rings. The Hall–Kier alpha value is -0.520. The maximum atomic E-state index is 5.23. The fraction of sp³-hybridized carbons (Fsp3) is 0.556. The fourth-order valence-electron chi connectivity index (χ4n) is 1.02. The van der Waals surface area contributed by atoms with Gasteiger partial charge in [-0.05, 0) is 32.1 Å². The van der Waals surface area contributed by atoms with Crippen LogP contribution in [0.1, 0.15) is 32.1 Å². The smallest absolute Gasteiger partial charge is 0.0285 e. The summed E-state index contributed by atoms with van der Waals surface area (Å²) in [6.07, 6.45) is 10.3. The van der Waals surface area contributed by atoms with Crippen LogP contribution in [0.2, 0.25) is 0 Å². The Balaban J connectivity index is 1.98. The topological polar surface area (TPSA) is 0 Å². The number of allylic oxidation sites excluding steroid dienone is 3. The highest BCUT2D eigenvalue weighted by molar-refractivity contribution is 5.11. The Morgan fingerprint density at radius 3 is 2.89 bits per heavy atom. The largest absolute Gasteiger partial charge is 0.0850 e. The summed E-state index contributed by atoms with van der Waals surface area (Å²) in [5.41, 5.74) is 1.64. The van der Waals surface area contributed by atoms with Gasteiger partial charge in [0.25, 0.3) is 0 Å². The molecular formula is C9H13. The molecule has 0 nitrogen and oxygen atoms in total. The van der Waals surface area contributed by atoms with Crippen LogP contribution in [0.15, 0.2) is 17.7 Å². The van der Waals surface area contributed by atoms with Crippen molar-refractivity contribution in [2.24, 2.45) is 0 Å². The van der Waals surface area contributed by atoms with Crippen LogP contribution in [0.25, 0.3) is 0 Å². The molecule has 0 saturated carbocycles. The summed E-state index contributed by atoms with van der Waals surface area (Å²) in [4.78, 5) is 0. The average molecular weight is 121 g/mol. The van der Waals surface area contributed by atoms with E-state index in [-0.39, 0.29) is 0 Å². The number of hydrogen-bond acceptors (Lipinski definition) is 0. The summed E-state index contributed by atoms with van der Waals surface area (Å²) in [6.45, 7) is 5.23. The first kappa shape index (κ1) is 6.60. The molecule has 1 rings (SSSR count). The minimum Gasteiger partial charge on any atom is -0.0850 e. The highest BCUT2D eigenvalue weighted by Crippen LogP contribution is 2.22. The van der Waals surface area contributed by atoms with Crippen molar-refractivity contribution < 1.29 is 0 Å². The molecule has 0 fully saturated rings. The van der Waals surface area contributed by atoms with Gasteiger partial charge in [0, 0.05) is 0 Å². The molecule has 0 spiro atoms. The lowest BCUT2D eigenvalue weighted by Crippen LogP contribution is -1.92.